The van der Waals surface area contributed by atoms with Crippen LogP contribution in [-0.4, -0.2) is 24.6 Å². The van der Waals surface area contributed by atoms with Gasteiger partial charge in [0.25, 0.3) is 0 Å². The molecule has 0 saturated heterocycles. The third-order valence-corrected chi connectivity index (χ3v) is 2.30. The third-order valence-electron chi connectivity index (χ3n) is 2.30. The minimum absolute atomic E-state index is 0.378. The van der Waals surface area contributed by atoms with Crippen LogP contribution in [0.4, 0.5) is 0 Å². The standard InChI is InChI=1S/C10H14O4/c1-6-5-7(11)14-10(2,3)8(6)9(12)13-4/h5,8H,1-4H3. The fourth-order valence-corrected chi connectivity index (χ4v) is 1.75. The summed E-state index contributed by atoms with van der Waals surface area (Å²) >= 11 is 0. The second kappa shape index (κ2) is 3.44. The molecular weight excluding hydrogens is 184 g/mol. The van der Waals surface area contributed by atoms with Crippen molar-refractivity contribution in [2.75, 3.05) is 7.11 Å². The van der Waals surface area contributed by atoms with Crippen LogP contribution >= 0.6 is 0 Å². The van der Waals surface area contributed by atoms with Gasteiger partial charge >= 0.3 is 11.9 Å². The lowest BCUT2D eigenvalue weighted by Gasteiger charge is -2.35. The first-order valence-electron chi connectivity index (χ1n) is 4.37. The molecule has 1 rings (SSSR count). The number of hydrogen-bond acceptors (Lipinski definition) is 4. The number of hydrogen-bond donors (Lipinski definition) is 0. The number of methoxy groups -OCH3 is 1. The minimum Gasteiger partial charge on any atom is -0.468 e. The Bertz CT molecular complexity index is 301. The van der Waals surface area contributed by atoms with E-state index in [1.165, 1.54) is 13.2 Å². The van der Waals surface area contributed by atoms with Gasteiger partial charge < -0.3 is 9.47 Å². The topological polar surface area (TPSA) is 52.6 Å². The van der Waals surface area contributed by atoms with Gasteiger partial charge in [-0.05, 0) is 26.3 Å². The van der Waals surface area contributed by atoms with Crippen LogP contribution in [0.15, 0.2) is 11.6 Å². The van der Waals surface area contributed by atoms with Gasteiger partial charge in [-0.2, -0.15) is 0 Å². The van der Waals surface area contributed by atoms with Crippen molar-refractivity contribution in [2.45, 2.75) is 26.4 Å². The smallest absolute Gasteiger partial charge is 0.331 e. The van der Waals surface area contributed by atoms with Crippen molar-refractivity contribution in [3.05, 3.63) is 11.6 Å². The molecule has 0 aromatic rings. The molecule has 4 nitrogen and oxygen atoms in total. The van der Waals surface area contributed by atoms with Crippen LogP contribution in [0.25, 0.3) is 0 Å². The van der Waals surface area contributed by atoms with Crippen molar-refractivity contribution in [2.24, 2.45) is 5.92 Å². The van der Waals surface area contributed by atoms with E-state index in [1.54, 1.807) is 20.8 Å². The molecule has 0 aromatic carbocycles. The van der Waals surface area contributed by atoms with E-state index in [0.717, 1.165) is 0 Å². The summed E-state index contributed by atoms with van der Waals surface area (Å²) in [6.45, 7) is 5.12. The van der Waals surface area contributed by atoms with Crippen molar-refractivity contribution in [1.29, 1.82) is 0 Å². The highest BCUT2D eigenvalue weighted by molar-refractivity contribution is 5.88. The van der Waals surface area contributed by atoms with Crippen LogP contribution < -0.4 is 0 Å². The lowest BCUT2D eigenvalue weighted by Crippen LogP contribution is -2.45. The van der Waals surface area contributed by atoms with Gasteiger partial charge in [-0.25, -0.2) is 4.79 Å². The van der Waals surface area contributed by atoms with Crippen LogP contribution in [0, 0.1) is 5.92 Å². The Morgan fingerprint density at radius 3 is 2.57 bits per heavy atom. The molecule has 4 heteroatoms. The van der Waals surface area contributed by atoms with Crippen molar-refractivity contribution >= 4 is 11.9 Å². The van der Waals surface area contributed by atoms with Crippen LogP contribution in [-0.2, 0) is 19.1 Å². The molecule has 0 bridgehead atoms. The number of carbonyl (C=O) groups excluding carboxylic acids is 2. The molecule has 0 spiro atoms. The van der Waals surface area contributed by atoms with Crippen LogP contribution in [0.5, 0.6) is 0 Å². The lowest BCUT2D eigenvalue weighted by atomic mass is 9.83. The van der Waals surface area contributed by atoms with Gasteiger partial charge in [-0.1, -0.05) is 0 Å². The highest BCUT2D eigenvalue weighted by atomic mass is 16.6. The second-order valence-electron chi connectivity index (χ2n) is 3.87. The summed E-state index contributed by atoms with van der Waals surface area (Å²) in [6.07, 6.45) is 1.33. The molecule has 1 heterocycles. The van der Waals surface area contributed by atoms with Gasteiger partial charge in [0.15, 0.2) is 0 Å². The van der Waals surface area contributed by atoms with Gasteiger partial charge in [0.05, 0.1) is 7.11 Å². The molecular formula is C10H14O4. The van der Waals surface area contributed by atoms with Gasteiger partial charge in [0, 0.05) is 6.08 Å². The SMILES string of the molecule is COC(=O)C1C(C)=CC(=O)OC1(C)C. The molecule has 0 radical (unpaired) electrons. The molecule has 1 aliphatic heterocycles. The van der Waals surface area contributed by atoms with E-state index in [0.29, 0.717) is 5.57 Å². The first-order valence-corrected chi connectivity index (χ1v) is 4.37. The van der Waals surface area contributed by atoms with E-state index >= 15 is 0 Å². The van der Waals surface area contributed by atoms with Crippen LogP contribution in [0.3, 0.4) is 0 Å². The van der Waals surface area contributed by atoms with E-state index in [-0.39, 0.29) is 5.97 Å². The summed E-state index contributed by atoms with van der Waals surface area (Å²) in [4.78, 5) is 22.5. The fourth-order valence-electron chi connectivity index (χ4n) is 1.75. The zero-order valence-corrected chi connectivity index (χ0v) is 8.79. The van der Waals surface area contributed by atoms with E-state index in [1.807, 2.05) is 0 Å². The molecule has 0 amide bonds. The zero-order chi connectivity index (χ0) is 10.9. The zero-order valence-electron chi connectivity index (χ0n) is 8.79. The Kier molecular flexibility index (Phi) is 2.64. The van der Waals surface area contributed by atoms with E-state index < -0.39 is 17.5 Å². The highest BCUT2D eigenvalue weighted by Gasteiger charge is 2.43. The van der Waals surface area contributed by atoms with E-state index in [4.69, 9.17) is 4.74 Å². The maximum atomic E-state index is 11.4. The van der Waals surface area contributed by atoms with Gasteiger partial charge in [-0.15, -0.1) is 0 Å². The molecule has 78 valence electrons. The normalized spacial score (nSPS) is 25.0. The van der Waals surface area contributed by atoms with Crippen molar-refractivity contribution in [1.82, 2.24) is 0 Å². The van der Waals surface area contributed by atoms with Crippen molar-refractivity contribution in [3.8, 4) is 0 Å². The maximum absolute atomic E-state index is 11.4. The molecule has 14 heavy (non-hydrogen) atoms. The molecule has 0 N–H and O–H groups in total. The summed E-state index contributed by atoms with van der Waals surface area (Å²) in [5.41, 5.74) is -0.152. The fraction of sp³-hybridized carbons (Fsp3) is 0.600. The Morgan fingerprint density at radius 2 is 2.14 bits per heavy atom. The van der Waals surface area contributed by atoms with Crippen molar-refractivity contribution < 1.29 is 19.1 Å². The quantitative estimate of drug-likeness (QED) is 0.591. The van der Waals surface area contributed by atoms with Gasteiger partial charge in [0.2, 0.25) is 0 Å². The number of ether oxygens (including phenoxy) is 2. The third kappa shape index (κ3) is 1.78. The molecule has 1 atom stereocenters. The average Bonchev–Trinajstić information content (AvgIpc) is 1.99. The molecule has 1 unspecified atom stereocenters. The van der Waals surface area contributed by atoms with Crippen molar-refractivity contribution in [3.63, 3.8) is 0 Å². The van der Waals surface area contributed by atoms with E-state index in [2.05, 4.69) is 4.74 Å². The summed E-state index contributed by atoms with van der Waals surface area (Å²) < 4.78 is 9.72. The Labute approximate surface area is 82.9 Å². The maximum Gasteiger partial charge on any atom is 0.331 e. The van der Waals surface area contributed by atoms with Gasteiger partial charge in [0.1, 0.15) is 11.5 Å². The summed E-state index contributed by atoms with van der Waals surface area (Å²) in [5.74, 6) is -1.30. The summed E-state index contributed by atoms with van der Waals surface area (Å²) in [5, 5.41) is 0. The Hall–Kier alpha value is -1.32. The molecule has 0 aromatic heterocycles. The van der Waals surface area contributed by atoms with Crippen LogP contribution in [0.1, 0.15) is 20.8 Å². The summed E-state index contributed by atoms with van der Waals surface area (Å²) in [7, 11) is 1.32. The predicted octanol–water partition coefficient (Wildman–Crippen LogP) is 1.06. The number of cyclic esters (lactones) is 1. The number of esters is 2. The largest absolute Gasteiger partial charge is 0.468 e. The molecule has 0 saturated carbocycles. The molecule has 0 aliphatic carbocycles. The monoisotopic (exact) mass is 198 g/mol. The lowest BCUT2D eigenvalue weighted by molar-refractivity contribution is -0.166. The first kappa shape index (κ1) is 10.8. The first-order chi connectivity index (χ1) is 6.38. The van der Waals surface area contributed by atoms with E-state index in [9.17, 15) is 9.59 Å². The minimum atomic E-state index is -0.830. The van der Waals surface area contributed by atoms with Gasteiger partial charge in [-0.3, -0.25) is 4.79 Å². The number of carbonyl (C=O) groups is 2. The molecule has 0 fully saturated rings. The highest BCUT2D eigenvalue weighted by Crippen LogP contribution is 2.32. The predicted molar refractivity (Wildman–Crippen MR) is 49.4 cm³/mol. The second-order valence-corrected chi connectivity index (χ2v) is 3.87. The molecule has 1 aliphatic rings. The number of rotatable bonds is 1. The average molecular weight is 198 g/mol. The van der Waals surface area contributed by atoms with Crippen LogP contribution in [0.2, 0.25) is 0 Å². The Morgan fingerprint density at radius 1 is 1.57 bits per heavy atom. The summed E-state index contributed by atoms with van der Waals surface area (Å²) in [6, 6.07) is 0. The Balaban J connectivity index is 3.07.